The average molecular weight is 262 g/mol. The van der Waals surface area contributed by atoms with E-state index in [0.717, 1.165) is 18.6 Å². The molecule has 0 unspecified atom stereocenters. The molecule has 0 bridgehead atoms. The molecule has 0 fully saturated rings. The highest BCUT2D eigenvalue weighted by atomic mass is 32.2. The van der Waals surface area contributed by atoms with Crippen LogP contribution < -0.4 is 10.6 Å². The molecule has 0 radical (unpaired) electrons. The first kappa shape index (κ1) is 15.8. The second-order valence-electron chi connectivity index (χ2n) is 3.36. The van der Waals surface area contributed by atoms with Gasteiger partial charge in [-0.3, -0.25) is 14.4 Å². The van der Waals surface area contributed by atoms with E-state index < -0.39 is 5.97 Å². The summed E-state index contributed by atoms with van der Waals surface area (Å²) >= 11 is 1.58. The lowest BCUT2D eigenvalue weighted by molar-refractivity contribution is -0.137. The molecule has 7 heteroatoms. The molecule has 17 heavy (non-hydrogen) atoms. The average Bonchev–Trinajstić information content (AvgIpc) is 2.29. The highest BCUT2D eigenvalue weighted by molar-refractivity contribution is 7.99. The van der Waals surface area contributed by atoms with Crippen LogP contribution in [-0.4, -0.2) is 41.6 Å². The topological polar surface area (TPSA) is 95.5 Å². The van der Waals surface area contributed by atoms with Crippen LogP contribution in [0.5, 0.6) is 0 Å². The third-order valence-electron chi connectivity index (χ3n) is 1.90. The lowest BCUT2D eigenvalue weighted by Crippen LogP contribution is -2.32. The minimum Gasteiger partial charge on any atom is -0.481 e. The Morgan fingerprint density at radius 1 is 1.24 bits per heavy atom. The number of nitrogens with one attached hydrogen (secondary N) is 2. The Bertz CT molecular complexity index is 248. The van der Waals surface area contributed by atoms with Gasteiger partial charge in [-0.1, -0.05) is 6.42 Å². The van der Waals surface area contributed by atoms with Gasteiger partial charge in [-0.15, -0.1) is 11.8 Å². The number of carboxylic acids is 1. The Kier molecular flexibility index (Phi) is 10.4. The van der Waals surface area contributed by atoms with E-state index in [1.165, 1.54) is 0 Å². The minimum absolute atomic E-state index is 0.00265. The molecule has 98 valence electrons. The SMILES string of the molecule is O=CNCC(=O)NCSCCCCCC(=O)O. The standard InChI is InChI=1S/C10H18N2O4S/c13-7-11-6-9(14)12-8-17-5-3-1-2-4-10(15)16/h7H,1-6,8H2,(H,11,13)(H,12,14)(H,15,16). The number of rotatable bonds is 11. The van der Waals surface area contributed by atoms with E-state index in [1.54, 1.807) is 11.8 Å². The second-order valence-corrected chi connectivity index (χ2v) is 4.46. The first-order valence-corrected chi connectivity index (χ1v) is 6.55. The molecular weight excluding hydrogens is 244 g/mol. The maximum atomic E-state index is 11.0. The van der Waals surface area contributed by atoms with Crippen molar-refractivity contribution in [2.24, 2.45) is 0 Å². The molecule has 3 N–H and O–H groups in total. The van der Waals surface area contributed by atoms with Gasteiger partial charge in [-0.25, -0.2) is 0 Å². The fraction of sp³-hybridized carbons (Fsp3) is 0.700. The summed E-state index contributed by atoms with van der Waals surface area (Å²) in [5.41, 5.74) is 0. The third-order valence-corrected chi connectivity index (χ3v) is 2.82. The van der Waals surface area contributed by atoms with Gasteiger partial charge in [0.1, 0.15) is 0 Å². The first-order chi connectivity index (χ1) is 8.16. The Hall–Kier alpha value is -1.24. The molecule has 0 saturated heterocycles. The third kappa shape index (κ3) is 12.7. The zero-order valence-corrected chi connectivity index (χ0v) is 10.4. The molecule has 0 aromatic rings. The van der Waals surface area contributed by atoms with Crippen molar-refractivity contribution in [1.82, 2.24) is 10.6 Å². The normalized spacial score (nSPS) is 9.65. The summed E-state index contributed by atoms with van der Waals surface area (Å²) in [6.07, 6.45) is 3.24. The number of thioether (sulfide) groups is 1. The highest BCUT2D eigenvalue weighted by Crippen LogP contribution is 2.06. The van der Waals surface area contributed by atoms with E-state index in [0.29, 0.717) is 18.7 Å². The van der Waals surface area contributed by atoms with Crippen LogP contribution in [0.4, 0.5) is 0 Å². The van der Waals surface area contributed by atoms with Crippen molar-refractivity contribution in [3.63, 3.8) is 0 Å². The van der Waals surface area contributed by atoms with Crippen molar-refractivity contribution in [3.05, 3.63) is 0 Å². The van der Waals surface area contributed by atoms with E-state index in [9.17, 15) is 14.4 Å². The van der Waals surface area contributed by atoms with Gasteiger partial charge in [-0.05, 0) is 18.6 Å². The number of hydrogen-bond acceptors (Lipinski definition) is 4. The van der Waals surface area contributed by atoms with Crippen LogP contribution in [0, 0.1) is 0 Å². The summed E-state index contributed by atoms with van der Waals surface area (Å²) in [7, 11) is 0. The van der Waals surface area contributed by atoms with Crippen molar-refractivity contribution in [1.29, 1.82) is 0 Å². The summed E-state index contributed by atoms with van der Waals surface area (Å²) in [5.74, 6) is 0.433. The van der Waals surface area contributed by atoms with Gasteiger partial charge < -0.3 is 15.7 Å². The van der Waals surface area contributed by atoms with E-state index in [4.69, 9.17) is 5.11 Å². The molecule has 0 aliphatic heterocycles. The zero-order valence-electron chi connectivity index (χ0n) is 9.61. The minimum atomic E-state index is -0.757. The van der Waals surface area contributed by atoms with Gasteiger partial charge in [0.2, 0.25) is 12.3 Å². The van der Waals surface area contributed by atoms with E-state index in [1.807, 2.05) is 0 Å². The van der Waals surface area contributed by atoms with Gasteiger partial charge in [0.05, 0.1) is 12.4 Å². The maximum absolute atomic E-state index is 11.0. The van der Waals surface area contributed by atoms with Crippen LogP contribution in [0.3, 0.4) is 0 Å². The van der Waals surface area contributed by atoms with E-state index >= 15 is 0 Å². The fourth-order valence-corrected chi connectivity index (χ4v) is 1.87. The molecule has 6 nitrogen and oxygen atoms in total. The number of hydrogen-bond donors (Lipinski definition) is 3. The molecule has 0 spiro atoms. The number of carboxylic acid groups (broad SMARTS) is 1. The maximum Gasteiger partial charge on any atom is 0.303 e. The predicted octanol–water partition coefficient (Wildman–Crippen LogP) is 0.184. The van der Waals surface area contributed by atoms with E-state index in [-0.39, 0.29) is 18.9 Å². The van der Waals surface area contributed by atoms with Crippen LogP contribution in [0.25, 0.3) is 0 Å². The van der Waals surface area contributed by atoms with Gasteiger partial charge >= 0.3 is 5.97 Å². The van der Waals surface area contributed by atoms with Crippen molar-refractivity contribution in [2.45, 2.75) is 25.7 Å². The molecule has 2 amide bonds. The smallest absolute Gasteiger partial charge is 0.303 e. The van der Waals surface area contributed by atoms with Gasteiger partial charge in [0.15, 0.2) is 0 Å². The number of amides is 2. The molecule has 0 aromatic heterocycles. The van der Waals surface area contributed by atoms with Crippen molar-refractivity contribution >= 4 is 30.0 Å². The highest BCUT2D eigenvalue weighted by Gasteiger charge is 1.99. The van der Waals surface area contributed by atoms with E-state index in [2.05, 4.69) is 10.6 Å². The summed E-state index contributed by atoms with van der Waals surface area (Å²) < 4.78 is 0. The van der Waals surface area contributed by atoms with Crippen LogP contribution >= 0.6 is 11.8 Å². The number of carbonyl (C=O) groups excluding carboxylic acids is 2. The van der Waals surface area contributed by atoms with Gasteiger partial charge in [0.25, 0.3) is 0 Å². The van der Waals surface area contributed by atoms with Crippen LogP contribution in [-0.2, 0) is 14.4 Å². The quantitative estimate of drug-likeness (QED) is 0.280. The van der Waals surface area contributed by atoms with Crippen LogP contribution in [0.1, 0.15) is 25.7 Å². The molecule has 0 atom stereocenters. The molecule has 0 aliphatic carbocycles. The summed E-state index contributed by atoms with van der Waals surface area (Å²) in [6.45, 7) is 0.00265. The lowest BCUT2D eigenvalue weighted by Gasteiger charge is -2.04. The molecule has 0 rings (SSSR count). The Morgan fingerprint density at radius 3 is 2.65 bits per heavy atom. The second kappa shape index (κ2) is 11.3. The summed E-state index contributed by atoms with van der Waals surface area (Å²) in [5, 5.41) is 13.3. The van der Waals surface area contributed by atoms with Crippen LogP contribution in [0.15, 0.2) is 0 Å². The summed E-state index contributed by atoms with van der Waals surface area (Å²) in [6, 6.07) is 0. The first-order valence-electron chi connectivity index (χ1n) is 5.40. The molecule has 0 heterocycles. The molecule has 0 saturated carbocycles. The zero-order chi connectivity index (χ0) is 12.9. The lowest BCUT2D eigenvalue weighted by atomic mass is 10.2. The molecular formula is C10H18N2O4S. The fourth-order valence-electron chi connectivity index (χ4n) is 1.06. The van der Waals surface area contributed by atoms with Crippen molar-refractivity contribution < 1.29 is 19.5 Å². The summed E-state index contributed by atoms with van der Waals surface area (Å²) in [4.78, 5) is 31.1. The number of aliphatic carboxylic acids is 1. The van der Waals surface area contributed by atoms with Crippen LogP contribution in [0.2, 0.25) is 0 Å². The predicted molar refractivity (Wildman–Crippen MR) is 65.6 cm³/mol. The Morgan fingerprint density at radius 2 is 2.00 bits per heavy atom. The van der Waals surface area contributed by atoms with Gasteiger partial charge in [0, 0.05) is 6.42 Å². The monoisotopic (exact) mass is 262 g/mol. The number of unbranched alkanes of at least 4 members (excludes halogenated alkanes) is 2. The number of carbonyl (C=O) groups is 3. The Labute approximate surface area is 105 Å². The van der Waals surface area contributed by atoms with Crippen molar-refractivity contribution in [3.8, 4) is 0 Å². The molecule has 0 aromatic carbocycles. The largest absolute Gasteiger partial charge is 0.481 e. The van der Waals surface area contributed by atoms with Crippen molar-refractivity contribution in [2.75, 3.05) is 18.2 Å². The van der Waals surface area contributed by atoms with Gasteiger partial charge in [-0.2, -0.15) is 0 Å². The molecule has 0 aliphatic rings. The Balaban J connectivity index is 3.15.